The number of hydrogen-bond acceptors (Lipinski definition) is 6. The minimum absolute atomic E-state index is 0.162. The van der Waals surface area contributed by atoms with Crippen molar-refractivity contribution in [1.29, 1.82) is 0 Å². The van der Waals surface area contributed by atoms with Gasteiger partial charge < -0.3 is 4.74 Å². The van der Waals surface area contributed by atoms with Gasteiger partial charge in [-0.3, -0.25) is 14.6 Å². The topological polar surface area (TPSA) is 87.0 Å². The second-order valence-electron chi connectivity index (χ2n) is 8.80. The molecule has 0 bridgehead atoms. The first-order chi connectivity index (χ1) is 16.9. The van der Waals surface area contributed by atoms with Gasteiger partial charge in [0.05, 0.1) is 24.6 Å². The summed E-state index contributed by atoms with van der Waals surface area (Å²) in [7, 11) is 0. The average Bonchev–Trinajstić information content (AvgIpc) is 3.34. The highest BCUT2D eigenvalue weighted by Gasteiger charge is 2.23. The lowest BCUT2D eigenvalue weighted by Crippen LogP contribution is -2.17. The SMILES string of the molecule is Cc1ccnc(C(=O)CC(=O)c2cc(Cc3ccccc3)cc(Cn3cncn3)c2OC(C)C)c1. The molecule has 178 valence electrons. The zero-order valence-corrected chi connectivity index (χ0v) is 20.1. The summed E-state index contributed by atoms with van der Waals surface area (Å²) in [5.74, 6) is -0.147. The van der Waals surface area contributed by atoms with Gasteiger partial charge in [0.1, 0.15) is 24.1 Å². The highest BCUT2D eigenvalue weighted by atomic mass is 16.5. The Kier molecular flexibility index (Phi) is 7.45. The Balaban J connectivity index is 1.74. The molecule has 0 atom stereocenters. The summed E-state index contributed by atoms with van der Waals surface area (Å²) in [5, 5.41) is 4.22. The van der Waals surface area contributed by atoms with E-state index in [-0.39, 0.29) is 29.8 Å². The van der Waals surface area contributed by atoms with Crippen LogP contribution in [0.25, 0.3) is 0 Å². The molecule has 0 unspecified atom stereocenters. The zero-order valence-electron chi connectivity index (χ0n) is 20.1. The van der Waals surface area contributed by atoms with Crippen molar-refractivity contribution in [3.05, 3.63) is 107 Å². The lowest BCUT2D eigenvalue weighted by Gasteiger charge is -2.20. The van der Waals surface area contributed by atoms with Gasteiger partial charge in [-0.05, 0) is 68.1 Å². The average molecular weight is 469 g/mol. The van der Waals surface area contributed by atoms with E-state index in [0.29, 0.717) is 24.3 Å². The number of nitrogens with zero attached hydrogens (tertiary/aromatic N) is 4. The number of ketones is 2. The molecule has 0 radical (unpaired) electrons. The highest BCUT2D eigenvalue weighted by Crippen LogP contribution is 2.31. The third-order valence-corrected chi connectivity index (χ3v) is 5.45. The van der Waals surface area contributed by atoms with Gasteiger partial charge in [0.25, 0.3) is 0 Å². The first-order valence-electron chi connectivity index (χ1n) is 11.6. The van der Waals surface area contributed by atoms with Crippen LogP contribution in [0.5, 0.6) is 5.75 Å². The second-order valence-corrected chi connectivity index (χ2v) is 8.80. The molecule has 4 rings (SSSR count). The van der Waals surface area contributed by atoms with Crippen LogP contribution in [0.15, 0.2) is 73.4 Å². The number of ether oxygens (including phenoxy) is 1. The number of pyridine rings is 1. The molecular weight excluding hydrogens is 440 g/mol. The maximum Gasteiger partial charge on any atom is 0.188 e. The molecule has 35 heavy (non-hydrogen) atoms. The van der Waals surface area contributed by atoms with Gasteiger partial charge in [0, 0.05) is 11.8 Å². The summed E-state index contributed by atoms with van der Waals surface area (Å²) in [6.45, 7) is 6.09. The first kappa shape index (κ1) is 24.0. The molecule has 0 amide bonds. The Hall–Kier alpha value is -4.13. The molecule has 0 spiro atoms. The molecular formula is C28H28N4O3. The number of Topliss-reactive ketones (excluding diaryl/α,β-unsaturated/α-hetero) is 2. The Labute approximate surface area is 204 Å². The van der Waals surface area contributed by atoms with Gasteiger partial charge in [0.2, 0.25) is 0 Å². The molecule has 0 aliphatic carbocycles. The van der Waals surface area contributed by atoms with Gasteiger partial charge in [-0.1, -0.05) is 30.3 Å². The molecule has 4 aromatic rings. The predicted molar refractivity (Wildman–Crippen MR) is 133 cm³/mol. The van der Waals surface area contributed by atoms with Crippen molar-refractivity contribution < 1.29 is 14.3 Å². The monoisotopic (exact) mass is 468 g/mol. The van der Waals surface area contributed by atoms with Crippen LogP contribution in [0.3, 0.4) is 0 Å². The fraction of sp³-hybridized carbons (Fsp3) is 0.250. The predicted octanol–water partition coefficient (Wildman–Crippen LogP) is 4.86. The highest BCUT2D eigenvalue weighted by molar-refractivity contribution is 6.14. The Morgan fingerprint density at radius 3 is 2.49 bits per heavy atom. The quantitative estimate of drug-likeness (QED) is 0.244. The number of hydrogen-bond donors (Lipinski definition) is 0. The fourth-order valence-electron chi connectivity index (χ4n) is 3.90. The van der Waals surface area contributed by atoms with Gasteiger partial charge in [-0.25, -0.2) is 9.67 Å². The normalized spacial score (nSPS) is 11.0. The van der Waals surface area contributed by atoms with Crippen LogP contribution >= 0.6 is 0 Å². The molecule has 0 fully saturated rings. The Morgan fingerprint density at radius 1 is 1.00 bits per heavy atom. The third kappa shape index (κ3) is 6.26. The minimum atomic E-state index is -0.319. The molecule has 0 aliphatic heterocycles. The van der Waals surface area contributed by atoms with Crippen molar-refractivity contribution in [2.45, 2.75) is 46.3 Å². The van der Waals surface area contributed by atoms with Gasteiger partial charge in [-0.15, -0.1) is 0 Å². The molecule has 2 heterocycles. The van der Waals surface area contributed by atoms with E-state index in [0.717, 1.165) is 22.3 Å². The van der Waals surface area contributed by atoms with Gasteiger partial charge in [0.15, 0.2) is 11.6 Å². The van der Waals surface area contributed by atoms with Crippen LogP contribution in [0.2, 0.25) is 0 Å². The third-order valence-electron chi connectivity index (χ3n) is 5.45. The lowest BCUT2D eigenvalue weighted by molar-refractivity contribution is 0.0888. The summed E-state index contributed by atoms with van der Waals surface area (Å²) >= 11 is 0. The molecule has 7 heteroatoms. The maximum absolute atomic E-state index is 13.5. The van der Waals surface area contributed by atoms with Crippen molar-refractivity contribution in [3.8, 4) is 5.75 Å². The molecule has 0 saturated carbocycles. The first-order valence-corrected chi connectivity index (χ1v) is 11.6. The summed E-state index contributed by atoms with van der Waals surface area (Å²) in [6.07, 6.45) is 4.86. The number of aryl methyl sites for hydroxylation is 1. The minimum Gasteiger partial charge on any atom is -0.490 e. The van der Waals surface area contributed by atoms with E-state index in [1.54, 1.807) is 23.3 Å². The maximum atomic E-state index is 13.5. The Morgan fingerprint density at radius 2 is 1.80 bits per heavy atom. The van der Waals surface area contributed by atoms with E-state index in [2.05, 4.69) is 15.1 Å². The number of carbonyl (C=O) groups excluding carboxylic acids is 2. The number of aromatic nitrogens is 4. The zero-order chi connectivity index (χ0) is 24.8. The summed E-state index contributed by atoms with van der Waals surface area (Å²) in [5.41, 5.74) is 4.47. The van der Waals surface area contributed by atoms with E-state index >= 15 is 0 Å². The van der Waals surface area contributed by atoms with Crippen molar-refractivity contribution in [2.24, 2.45) is 0 Å². The van der Waals surface area contributed by atoms with E-state index in [9.17, 15) is 9.59 Å². The number of rotatable bonds is 10. The largest absolute Gasteiger partial charge is 0.490 e. The van der Waals surface area contributed by atoms with E-state index in [1.165, 1.54) is 6.33 Å². The summed E-state index contributed by atoms with van der Waals surface area (Å²) < 4.78 is 7.83. The van der Waals surface area contributed by atoms with Crippen LogP contribution in [0.4, 0.5) is 0 Å². The molecule has 0 aliphatic rings. The summed E-state index contributed by atoms with van der Waals surface area (Å²) in [4.78, 5) is 34.6. The van der Waals surface area contributed by atoms with Gasteiger partial charge in [-0.2, -0.15) is 5.10 Å². The van der Waals surface area contributed by atoms with Crippen LogP contribution in [-0.4, -0.2) is 37.4 Å². The van der Waals surface area contributed by atoms with E-state index in [4.69, 9.17) is 4.74 Å². The Bertz CT molecular complexity index is 1320. The molecule has 7 nitrogen and oxygen atoms in total. The van der Waals surface area contributed by atoms with Crippen molar-refractivity contribution >= 4 is 11.6 Å². The summed E-state index contributed by atoms with van der Waals surface area (Å²) in [6, 6.07) is 17.4. The number of benzene rings is 2. The fourth-order valence-corrected chi connectivity index (χ4v) is 3.90. The van der Waals surface area contributed by atoms with Crippen LogP contribution in [0, 0.1) is 6.92 Å². The smallest absolute Gasteiger partial charge is 0.188 e. The second kappa shape index (κ2) is 10.9. The van der Waals surface area contributed by atoms with Crippen LogP contribution in [0.1, 0.15) is 63.4 Å². The molecule has 0 saturated heterocycles. The van der Waals surface area contributed by atoms with Crippen molar-refractivity contribution in [1.82, 2.24) is 19.7 Å². The lowest BCUT2D eigenvalue weighted by atomic mass is 9.94. The standard InChI is InChI=1S/C28H28N4O3/c1-19(2)35-28-23(16-32-18-29-17-31-32)13-22(12-21-7-5-4-6-8-21)14-24(28)26(33)15-27(34)25-11-20(3)9-10-30-25/h4-11,13-14,17-19H,12,15-16H2,1-3H3. The van der Waals surface area contributed by atoms with E-state index < -0.39 is 0 Å². The molecule has 0 N–H and O–H groups in total. The molecule has 2 aromatic carbocycles. The van der Waals surface area contributed by atoms with E-state index in [1.807, 2.05) is 69.3 Å². The van der Waals surface area contributed by atoms with Gasteiger partial charge >= 0.3 is 0 Å². The van der Waals surface area contributed by atoms with Crippen molar-refractivity contribution in [3.63, 3.8) is 0 Å². The number of carbonyl (C=O) groups is 2. The van der Waals surface area contributed by atoms with Crippen LogP contribution in [-0.2, 0) is 13.0 Å². The van der Waals surface area contributed by atoms with Crippen LogP contribution < -0.4 is 4.74 Å². The van der Waals surface area contributed by atoms with Crippen molar-refractivity contribution in [2.75, 3.05) is 0 Å². The molecule has 2 aromatic heterocycles.